The second-order valence-electron chi connectivity index (χ2n) is 4.29. The molecule has 0 saturated carbocycles. The fourth-order valence-corrected chi connectivity index (χ4v) is 3.43. The number of aryl methyl sites for hydroxylation is 1. The van der Waals surface area contributed by atoms with Gasteiger partial charge in [-0.25, -0.2) is 4.98 Å². The second-order valence-corrected chi connectivity index (χ2v) is 6.00. The third kappa shape index (κ3) is 1.59. The summed E-state index contributed by atoms with van der Waals surface area (Å²) in [4.78, 5) is 5.72. The van der Waals surface area contributed by atoms with Crippen LogP contribution in [0.15, 0.2) is 18.3 Å². The highest BCUT2D eigenvalue weighted by Gasteiger charge is 2.21. The Balaban J connectivity index is 2.12. The van der Waals surface area contributed by atoms with E-state index in [0.29, 0.717) is 6.04 Å². The van der Waals surface area contributed by atoms with Crippen LogP contribution in [0.2, 0.25) is 4.34 Å². The number of hydrogen-bond donors (Lipinski definition) is 0. The second kappa shape index (κ2) is 3.90. The van der Waals surface area contributed by atoms with Crippen LogP contribution in [-0.4, -0.2) is 9.55 Å². The molecule has 0 spiro atoms. The number of fused-ring (bicyclic) bond motifs is 1. The molecular formula is C12H13ClN2S. The van der Waals surface area contributed by atoms with Crippen LogP contribution < -0.4 is 0 Å². The summed E-state index contributed by atoms with van der Waals surface area (Å²) in [6.07, 6.45) is 5.68. The Bertz CT molecular complexity index is 515. The highest BCUT2D eigenvalue weighted by molar-refractivity contribution is 7.19. The normalized spacial score (nSPS) is 19.8. The predicted molar refractivity (Wildman–Crippen MR) is 68.2 cm³/mol. The first kappa shape index (κ1) is 10.4. The molecule has 0 fully saturated rings. The largest absolute Gasteiger partial charge is 0.325 e. The van der Waals surface area contributed by atoms with E-state index in [4.69, 9.17) is 11.6 Å². The first-order chi connectivity index (χ1) is 7.75. The Hall–Kier alpha value is -0.800. The van der Waals surface area contributed by atoms with E-state index in [2.05, 4.69) is 22.5 Å². The molecule has 0 aromatic carbocycles. The molecule has 0 bridgehead atoms. The zero-order valence-electron chi connectivity index (χ0n) is 9.11. The van der Waals surface area contributed by atoms with E-state index < -0.39 is 0 Å². The Morgan fingerprint density at radius 3 is 3.12 bits per heavy atom. The van der Waals surface area contributed by atoms with Crippen molar-refractivity contribution in [1.82, 2.24) is 9.55 Å². The summed E-state index contributed by atoms with van der Waals surface area (Å²) in [7, 11) is 0. The van der Waals surface area contributed by atoms with Crippen molar-refractivity contribution in [2.75, 3.05) is 0 Å². The van der Waals surface area contributed by atoms with Gasteiger partial charge in [-0.3, -0.25) is 0 Å². The van der Waals surface area contributed by atoms with Gasteiger partial charge in [0.05, 0.1) is 9.21 Å². The van der Waals surface area contributed by atoms with Gasteiger partial charge in [-0.05, 0) is 38.3 Å². The van der Waals surface area contributed by atoms with Gasteiger partial charge in [0.15, 0.2) is 5.82 Å². The van der Waals surface area contributed by atoms with E-state index in [1.54, 1.807) is 11.3 Å². The van der Waals surface area contributed by atoms with Crippen LogP contribution in [0.3, 0.4) is 0 Å². The summed E-state index contributed by atoms with van der Waals surface area (Å²) in [5.74, 6) is 1.08. The van der Waals surface area contributed by atoms with Gasteiger partial charge in [0.2, 0.25) is 0 Å². The van der Waals surface area contributed by atoms with Crippen LogP contribution >= 0.6 is 22.9 Å². The fraction of sp³-hybridized carbons (Fsp3) is 0.417. The molecule has 0 radical (unpaired) electrons. The Labute approximate surface area is 104 Å². The standard InChI is InChI=1S/C12H13ClN2S/c1-8-3-2-4-9-7-14-12(15(8)9)10-5-6-11(13)16-10/h5-8H,2-4H2,1H3. The summed E-state index contributed by atoms with van der Waals surface area (Å²) < 4.78 is 3.20. The summed E-state index contributed by atoms with van der Waals surface area (Å²) >= 11 is 7.58. The smallest absolute Gasteiger partial charge is 0.150 e. The van der Waals surface area contributed by atoms with Gasteiger partial charge in [-0.15, -0.1) is 11.3 Å². The molecule has 16 heavy (non-hydrogen) atoms. The van der Waals surface area contributed by atoms with E-state index >= 15 is 0 Å². The van der Waals surface area contributed by atoms with E-state index in [-0.39, 0.29) is 0 Å². The molecule has 1 aliphatic rings. The molecule has 0 N–H and O–H groups in total. The molecule has 1 atom stereocenters. The maximum Gasteiger partial charge on any atom is 0.150 e. The SMILES string of the molecule is CC1CCCc2cnc(-c3ccc(Cl)s3)n21. The zero-order valence-corrected chi connectivity index (χ0v) is 10.7. The maximum atomic E-state index is 5.98. The lowest BCUT2D eigenvalue weighted by Gasteiger charge is -2.23. The number of hydrogen-bond acceptors (Lipinski definition) is 2. The zero-order chi connectivity index (χ0) is 11.1. The van der Waals surface area contributed by atoms with Crippen molar-refractivity contribution in [1.29, 1.82) is 0 Å². The number of nitrogens with zero attached hydrogens (tertiary/aromatic N) is 2. The van der Waals surface area contributed by atoms with Crippen molar-refractivity contribution in [3.05, 3.63) is 28.4 Å². The molecule has 2 nitrogen and oxygen atoms in total. The minimum atomic E-state index is 0.558. The fourth-order valence-electron chi connectivity index (χ4n) is 2.40. The van der Waals surface area contributed by atoms with Gasteiger partial charge in [0, 0.05) is 17.9 Å². The number of thiophene rings is 1. The molecular weight excluding hydrogens is 240 g/mol. The number of rotatable bonds is 1. The van der Waals surface area contributed by atoms with E-state index in [1.807, 2.05) is 12.3 Å². The first-order valence-corrected chi connectivity index (χ1v) is 6.77. The molecule has 1 unspecified atom stereocenters. The average molecular weight is 253 g/mol. The van der Waals surface area contributed by atoms with Crippen molar-refractivity contribution in [3.8, 4) is 10.7 Å². The van der Waals surface area contributed by atoms with Gasteiger partial charge >= 0.3 is 0 Å². The van der Waals surface area contributed by atoms with Crippen molar-refractivity contribution < 1.29 is 0 Å². The molecule has 2 aromatic rings. The summed E-state index contributed by atoms with van der Waals surface area (Å²) in [6, 6.07) is 4.56. The molecule has 4 heteroatoms. The average Bonchev–Trinajstić information content (AvgIpc) is 2.84. The van der Waals surface area contributed by atoms with Gasteiger partial charge < -0.3 is 4.57 Å². The monoisotopic (exact) mass is 252 g/mol. The molecule has 0 saturated heterocycles. The van der Waals surface area contributed by atoms with Gasteiger partial charge in [-0.1, -0.05) is 11.6 Å². The topological polar surface area (TPSA) is 17.8 Å². The minimum absolute atomic E-state index is 0.558. The van der Waals surface area contributed by atoms with Gasteiger partial charge in [0.1, 0.15) is 0 Å². The highest BCUT2D eigenvalue weighted by Crippen LogP contribution is 2.35. The van der Waals surface area contributed by atoms with Crippen LogP contribution in [0.4, 0.5) is 0 Å². The Kier molecular flexibility index (Phi) is 2.52. The Morgan fingerprint density at radius 1 is 1.50 bits per heavy atom. The third-order valence-corrected chi connectivity index (χ3v) is 4.39. The Morgan fingerprint density at radius 2 is 2.38 bits per heavy atom. The molecule has 1 aliphatic heterocycles. The molecule has 0 amide bonds. The van der Waals surface area contributed by atoms with Gasteiger partial charge in [0.25, 0.3) is 0 Å². The number of aromatic nitrogens is 2. The quantitative estimate of drug-likeness (QED) is 0.745. The minimum Gasteiger partial charge on any atom is -0.325 e. The summed E-state index contributed by atoms with van der Waals surface area (Å²) in [6.45, 7) is 2.27. The summed E-state index contributed by atoms with van der Waals surface area (Å²) in [5.41, 5.74) is 1.36. The van der Waals surface area contributed by atoms with E-state index in [1.165, 1.54) is 23.4 Å². The van der Waals surface area contributed by atoms with Crippen LogP contribution in [-0.2, 0) is 6.42 Å². The third-order valence-electron chi connectivity index (χ3n) is 3.16. The molecule has 2 aromatic heterocycles. The van der Waals surface area contributed by atoms with Gasteiger partial charge in [-0.2, -0.15) is 0 Å². The van der Waals surface area contributed by atoms with E-state index in [9.17, 15) is 0 Å². The molecule has 84 valence electrons. The van der Waals surface area contributed by atoms with Crippen molar-refractivity contribution in [3.63, 3.8) is 0 Å². The van der Waals surface area contributed by atoms with Crippen molar-refractivity contribution in [2.45, 2.75) is 32.2 Å². The molecule has 3 rings (SSSR count). The maximum absolute atomic E-state index is 5.98. The van der Waals surface area contributed by atoms with Crippen LogP contribution in [0.5, 0.6) is 0 Å². The van der Waals surface area contributed by atoms with Crippen LogP contribution in [0, 0.1) is 0 Å². The molecule has 3 heterocycles. The van der Waals surface area contributed by atoms with Crippen LogP contribution in [0.25, 0.3) is 10.7 Å². The predicted octanol–water partition coefficient (Wildman–Crippen LogP) is 4.16. The lowest BCUT2D eigenvalue weighted by atomic mass is 10.0. The first-order valence-electron chi connectivity index (χ1n) is 5.57. The highest BCUT2D eigenvalue weighted by atomic mass is 35.5. The van der Waals surface area contributed by atoms with Crippen molar-refractivity contribution in [2.24, 2.45) is 0 Å². The summed E-state index contributed by atoms with van der Waals surface area (Å²) in [5, 5.41) is 0. The van der Waals surface area contributed by atoms with Crippen molar-refractivity contribution >= 4 is 22.9 Å². The lowest BCUT2D eigenvalue weighted by molar-refractivity contribution is 0.436. The lowest BCUT2D eigenvalue weighted by Crippen LogP contribution is -2.15. The number of halogens is 1. The van der Waals surface area contributed by atoms with E-state index in [0.717, 1.165) is 16.6 Å². The van der Waals surface area contributed by atoms with Crippen LogP contribution in [0.1, 0.15) is 31.5 Å². The molecule has 0 aliphatic carbocycles. The number of imidazole rings is 1.